The first-order valence-electron chi connectivity index (χ1n) is 7.41. The number of benzene rings is 2. The molecule has 0 aromatic heterocycles. The van der Waals surface area contributed by atoms with Gasteiger partial charge in [0.25, 0.3) is 0 Å². The maximum absolute atomic E-state index is 12.2. The Balaban J connectivity index is 1.84. The lowest BCUT2D eigenvalue weighted by Crippen LogP contribution is -2.31. The first-order chi connectivity index (χ1) is 10.2. The van der Waals surface area contributed by atoms with Crippen LogP contribution in [-0.2, 0) is 4.79 Å². The molecule has 3 rings (SSSR count). The summed E-state index contributed by atoms with van der Waals surface area (Å²) in [6, 6.07) is 16.3. The van der Waals surface area contributed by atoms with E-state index in [0.29, 0.717) is 0 Å². The Morgan fingerprint density at radius 1 is 1.14 bits per heavy atom. The molecule has 0 fully saturated rings. The number of hydrogen-bond acceptors (Lipinski definition) is 2. The van der Waals surface area contributed by atoms with Crippen molar-refractivity contribution in [2.24, 2.45) is 0 Å². The summed E-state index contributed by atoms with van der Waals surface area (Å²) in [5, 5.41) is 6.43. The fourth-order valence-electron chi connectivity index (χ4n) is 2.82. The molecule has 108 valence electrons. The molecular weight excluding hydrogens is 260 g/mol. The highest BCUT2D eigenvalue weighted by atomic mass is 16.2. The maximum Gasteiger partial charge on any atom is 0.246 e. The molecule has 0 bridgehead atoms. The summed E-state index contributed by atoms with van der Waals surface area (Å²) in [4.78, 5) is 12.2. The van der Waals surface area contributed by atoms with Crippen LogP contribution < -0.4 is 10.6 Å². The van der Waals surface area contributed by atoms with Crippen LogP contribution in [-0.4, -0.2) is 5.91 Å². The van der Waals surface area contributed by atoms with Gasteiger partial charge in [-0.2, -0.15) is 0 Å². The summed E-state index contributed by atoms with van der Waals surface area (Å²) in [6.45, 7) is 4.22. The van der Waals surface area contributed by atoms with Crippen LogP contribution in [0.25, 0.3) is 0 Å². The van der Waals surface area contributed by atoms with E-state index in [1.807, 2.05) is 24.3 Å². The van der Waals surface area contributed by atoms with Crippen LogP contribution in [0.1, 0.15) is 42.1 Å². The first-order valence-corrected chi connectivity index (χ1v) is 7.41. The second-order valence-electron chi connectivity index (χ2n) is 5.55. The van der Waals surface area contributed by atoms with Gasteiger partial charge in [0, 0.05) is 17.3 Å². The minimum atomic E-state index is -0.271. The number of aryl methyl sites for hydroxylation is 1. The summed E-state index contributed by atoms with van der Waals surface area (Å²) in [5.41, 5.74) is 4.42. The minimum absolute atomic E-state index is 0.0294. The molecule has 1 heterocycles. The van der Waals surface area contributed by atoms with Gasteiger partial charge < -0.3 is 5.32 Å². The van der Waals surface area contributed by atoms with Gasteiger partial charge in [0.2, 0.25) is 5.91 Å². The summed E-state index contributed by atoms with van der Waals surface area (Å²) in [5.74, 6) is 0.0294. The monoisotopic (exact) mass is 280 g/mol. The Labute approximate surface area is 125 Å². The highest BCUT2D eigenvalue weighted by molar-refractivity contribution is 6.02. The first kappa shape index (κ1) is 13.8. The van der Waals surface area contributed by atoms with Crippen molar-refractivity contribution in [1.82, 2.24) is 5.32 Å². The van der Waals surface area contributed by atoms with Crippen LogP contribution in [0.15, 0.2) is 48.5 Å². The number of carbonyl (C=O) groups is 1. The average molecular weight is 280 g/mol. The van der Waals surface area contributed by atoms with E-state index in [0.717, 1.165) is 17.7 Å². The summed E-state index contributed by atoms with van der Waals surface area (Å²) >= 11 is 0. The number of para-hydroxylation sites is 1. The molecule has 2 unspecified atom stereocenters. The lowest BCUT2D eigenvalue weighted by atomic mass is 10.0. The molecular formula is C18H20N2O. The highest BCUT2D eigenvalue weighted by Gasteiger charge is 2.31. The molecule has 2 N–H and O–H groups in total. The zero-order chi connectivity index (χ0) is 14.8. The van der Waals surface area contributed by atoms with E-state index < -0.39 is 0 Å². The number of hydrogen-bond donors (Lipinski definition) is 2. The van der Waals surface area contributed by atoms with Crippen LogP contribution in [0.2, 0.25) is 0 Å². The van der Waals surface area contributed by atoms with Crippen LogP contribution >= 0.6 is 0 Å². The second kappa shape index (κ2) is 5.70. The molecule has 1 aliphatic rings. The van der Waals surface area contributed by atoms with Crippen LogP contribution in [0.4, 0.5) is 5.69 Å². The van der Waals surface area contributed by atoms with E-state index in [1.165, 1.54) is 11.1 Å². The number of fused-ring (bicyclic) bond motifs is 1. The van der Waals surface area contributed by atoms with E-state index in [4.69, 9.17) is 0 Å². The SMILES string of the molecule is CCC(NC1C(=O)Nc2ccccc21)c1ccc(C)cc1. The third-order valence-corrected chi connectivity index (χ3v) is 4.05. The van der Waals surface area contributed by atoms with Gasteiger partial charge in [0.05, 0.1) is 0 Å². The zero-order valence-corrected chi connectivity index (χ0v) is 12.4. The molecule has 3 nitrogen and oxygen atoms in total. The number of amides is 1. The molecule has 1 amide bonds. The predicted molar refractivity (Wildman–Crippen MR) is 85.2 cm³/mol. The largest absolute Gasteiger partial charge is 0.324 e. The Bertz CT molecular complexity index is 649. The number of rotatable bonds is 4. The van der Waals surface area contributed by atoms with Crippen molar-refractivity contribution in [3.63, 3.8) is 0 Å². The zero-order valence-electron chi connectivity index (χ0n) is 12.4. The second-order valence-corrected chi connectivity index (χ2v) is 5.55. The van der Waals surface area contributed by atoms with E-state index >= 15 is 0 Å². The van der Waals surface area contributed by atoms with E-state index in [1.54, 1.807) is 0 Å². The normalized spacial score (nSPS) is 18.2. The van der Waals surface area contributed by atoms with Crippen molar-refractivity contribution < 1.29 is 4.79 Å². The Kier molecular flexibility index (Phi) is 3.76. The highest BCUT2D eigenvalue weighted by Crippen LogP contribution is 2.32. The van der Waals surface area contributed by atoms with E-state index in [9.17, 15) is 4.79 Å². The molecule has 2 atom stereocenters. The Morgan fingerprint density at radius 2 is 1.86 bits per heavy atom. The molecule has 0 spiro atoms. The average Bonchev–Trinajstić information content (AvgIpc) is 2.81. The summed E-state index contributed by atoms with van der Waals surface area (Å²) < 4.78 is 0. The fraction of sp³-hybridized carbons (Fsp3) is 0.278. The molecule has 0 saturated heterocycles. The maximum atomic E-state index is 12.2. The van der Waals surface area contributed by atoms with Crippen LogP contribution in [0.5, 0.6) is 0 Å². The third-order valence-electron chi connectivity index (χ3n) is 4.05. The van der Waals surface area contributed by atoms with Crippen LogP contribution in [0.3, 0.4) is 0 Å². The van der Waals surface area contributed by atoms with Gasteiger partial charge in [-0.25, -0.2) is 0 Å². The number of carbonyl (C=O) groups excluding carboxylic acids is 1. The predicted octanol–water partition coefficient (Wildman–Crippen LogP) is 3.73. The lowest BCUT2D eigenvalue weighted by molar-refractivity contribution is -0.117. The summed E-state index contributed by atoms with van der Waals surface area (Å²) in [7, 11) is 0. The smallest absolute Gasteiger partial charge is 0.246 e. The Morgan fingerprint density at radius 3 is 2.57 bits per heavy atom. The number of nitrogens with one attached hydrogen (secondary N) is 2. The topological polar surface area (TPSA) is 41.1 Å². The van der Waals surface area contributed by atoms with Crippen molar-refractivity contribution in [2.45, 2.75) is 32.4 Å². The molecule has 21 heavy (non-hydrogen) atoms. The van der Waals surface area contributed by atoms with E-state index in [-0.39, 0.29) is 18.0 Å². The Hall–Kier alpha value is -2.13. The van der Waals surface area contributed by atoms with Gasteiger partial charge in [0.1, 0.15) is 6.04 Å². The molecule has 2 aromatic carbocycles. The third kappa shape index (κ3) is 2.69. The molecule has 2 aromatic rings. The quantitative estimate of drug-likeness (QED) is 0.896. The molecule has 3 heteroatoms. The molecule has 0 aliphatic carbocycles. The van der Waals surface area contributed by atoms with Crippen molar-refractivity contribution in [3.8, 4) is 0 Å². The van der Waals surface area contributed by atoms with Crippen LogP contribution in [0, 0.1) is 6.92 Å². The van der Waals surface area contributed by atoms with Crippen molar-refractivity contribution in [3.05, 3.63) is 65.2 Å². The molecule has 0 radical (unpaired) electrons. The molecule has 1 aliphatic heterocycles. The van der Waals surface area contributed by atoms with Gasteiger partial charge in [0.15, 0.2) is 0 Å². The van der Waals surface area contributed by atoms with Gasteiger partial charge in [-0.15, -0.1) is 0 Å². The fourth-order valence-corrected chi connectivity index (χ4v) is 2.82. The standard InChI is InChI=1S/C18H20N2O/c1-3-15(13-10-8-12(2)9-11-13)19-17-14-6-4-5-7-16(14)20-18(17)21/h4-11,15,17,19H,3H2,1-2H3,(H,20,21). The van der Waals surface area contributed by atoms with Gasteiger partial charge in [-0.3, -0.25) is 10.1 Å². The minimum Gasteiger partial charge on any atom is -0.324 e. The number of anilines is 1. The van der Waals surface area contributed by atoms with Gasteiger partial charge in [-0.1, -0.05) is 55.0 Å². The van der Waals surface area contributed by atoms with Crippen molar-refractivity contribution >= 4 is 11.6 Å². The van der Waals surface area contributed by atoms with Crippen molar-refractivity contribution in [1.29, 1.82) is 0 Å². The van der Waals surface area contributed by atoms with E-state index in [2.05, 4.69) is 48.7 Å². The lowest BCUT2D eigenvalue weighted by Gasteiger charge is -2.21. The molecule has 0 saturated carbocycles. The van der Waals surface area contributed by atoms with Gasteiger partial charge >= 0.3 is 0 Å². The van der Waals surface area contributed by atoms with Gasteiger partial charge in [-0.05, 0) is 25.0 Å². The van der Waals surface area contributed by atoms with Crippen molar-refractivity contribution in [2.75, 3.05) is 5.32 Å². The summed E-state index contributed by atoms with van der Waals surface area (Å²) in [6.07, 6.45) is 0.939.